The molecule has 2 unspecified atom stereocenters. The molecule has 0 heterocycles. The molecule has 21 heavy (non-hydrogen) atoms. The summed E-state index contributed by atoms with van der Waals surface area (Å²) in [6.07, 6.45) is 0.800. The first-order chi connectivity index (χ1) is 9.51. The Morgan fingerprint density at radius 2 is 1.71 bits per heavy atom. The minimum atomic E-state index is -0.450. The molecule has 2 atom stereocenters. The van der Waals surface area contributed by atoms with Gasteiger partial charge in [-0.15, -0.1) is 0 Å². The Kier molecular flexibility index (Phi) is 8.90. The number of rotatable bonds is 8. The SMILES string of the molecule is CC(C)CC(CNC(C)CNC(=O)OC(C)(C)C)N(C)C. The summed E-state index contributed by atoms with van der Waals surface area (Å²) in [4.78, 5) is 13.8. The van der Waals surface area contributed by atoms with Gasteiger partial charge in [0.15, 0.2) is 0 Å². The van der Waals surface area contributed by atoms with Crippen LogP contribution < -0.4 is 10.6 Å². The normalized spacial score (nSPS) is 15.1. The standard InChI is InChI=1S/C16H35N3O2/c1-12(2)9-14(19(7)8)11-17-13(3)10-18-15(20)21-16(4,5)6/h12-14,17H,9-11H2,1-8H3,(H,18,20). The van der Waals surface area contributed by atoms with Crippen molar-refractivity contribution in [3.05, 3.63) is 0 Å². The summed E-state index contributed by atoms with van der Waals surface area (Å²) in [7, 11) is 4.22. The van der Waals surface area contributed by atoms with Crippen LogP contribution in [0.2, 0.25) is 0 Å². The highest BCUT2D eigenvalue weighted by molar-refractivity contribution is 5.67. The van der Waals surface area contributed by atoms with E-state index in [2.05, 4.69) is 50.4 Å². The molecule has 0 saturated heterocycles. The van der Waals surface area contributed by atoms with Crippen LogP contribution in [0.25, 0.3) is 0 Å². The molecule has 0 radical (unpaired) electrons. The van der Waals surface area contributed by atoms with Gasteiger partial charge in [-0.25, -0.2) is 4.79 Å². The maximum Gasteiger partial charge on any atom is 0.407 e. The molecule has 0 aliphatic carbocycles. The maximum atomic E-state index is 11.6. The van der Waals surface area contributed by atoms with Gasteiger partial charge in [-0.05, 0) is 54.1 Å². The van der Waals surface area contributed by atoms with Crippen LogP contribution in [0.15, 0.2) is 0 Å². The number of ether oxygens (including phenoxy) is 1. The lowest BCUT2D eigenvalue weighted by Crippen LogP contribution is -2.46. The zero-order chi connectivity index (χ0) is 16.6. The number of amides is 1. The van der Waals surface area contributed by atoms with Gasteiger partial charge in [0.25, 0.3) is 0 Å². The van der Waals surface area contributed by atoms with Gasteiger partial charge < -0.3 is 20.3 Å². The number of carbonyl (C=O) groups excluding carboxylic acids is 1. The second-order valence-electron chi connectivity index (χ2n) is 7.44. The molecule has 0 aromatic heterocycles. The fourth-order valence-corrected chi connectivity index (χ4v) is 1.98. The highest BCUT2D eigenvalue weighted by atomic mass is 16.6. The fourth-order valence-electron chi connectivity index (χ4n) is 1.98. The molecule has 5 nitrogen and oxygen atoms in total. The summed E-state index contributed by atoms with van der Waals surface area (Å²) in [5, 5.41) is 6.27. The lowest BCUT2D eigenvalue weighted by Gasteiger charge is -2.28. The number of alkyl carbamates (subject to hydrolysis) is 1. The van der Waals surface area contributed by atoms with E-state index in [1.165, 1.54) is 0 Å². The summed E-state index contributed by atoms with van der Waals surface area (Å²) >= 11 is 0. The lowest BCUT2D eigenvalue weighted by molar-refractivity contribution is 0.0523. The van der Waals surface area contributed by atoms with E-state index in [4.69, 9.17) is 4.74 Å². The second-order valence-corrected chi connectivity index (χ2v) is 7.44. The largest absolute Gasteiger partial charge is 0.444 e. The van der Waals surface area contributed by atoms with Crippen LogP contribution in [-0.4, -0.2) is 55.9 Å². The average molecular weight is 301 g/mol. The van der Waals surface area contributed by atoms with Crippen LogP contribution in [0.3, 0.4) is 0 Å². The number of hydrogen-bond donors (Lipinski definition) is 2. The van der Waals surface area contributed by atoms with Crippen molar-refractivity contribution in [3.63, 3.8) is 0 Å². The van der Waals surface area contributed by atoms with Crippen molar-refractivity contribution in [1.29, 1.82) is 0 Å². The number of likely N-dealkylation sites (N-methyl/N-ethyl adjacent to an activating group) is 1. The Morgan fingerprint density at radius 3 is 2.14 bits per heavy atom. The van der Waals surface area contributed by atoms with Gasteiger partial charge in [-0.2, -0.15) is 0 Å². The lowest BCUT2D eigenvalue weighted by atomic mass is 10.0. The monoisotopic (exact) mass is 301 g/mol. The molecule has 0 bridgehead atoms. The predicted molar refractivity (Wildman–Crippen MR) is 88.6 cm³/mol. The zero-order valence-corrected chi connectivity index (χ0v) is 15.1. The Bertz CT molecular complexity index is 298. The smallest absolute Gasteiger partial charge is 0.407 e. The number of hydrogen-bond acceptors (Lipinski definition) is 4. The first-order valence-electron chi connectivity index (χ1n) is 7.88. The Hall–Kier alpha value is -0.810. The van der Waals surface area contributed by atoms with Gasteiger partial charge in [-0.1, -0.05) is 13.8 Å². The summed E-state index contributed by atoms with van der Waals surface area (Å²) in [6, 6.07) is 0.723. The Balaban J connectivity index is 4.02. The Morgan fingerprint density at radius 1 is 1.14 bits per heavy atom. The highest BCUT2D eigenvalue weighted by Gasteiger charge is 2.17. The van der Waals surface area contributed by atoms with Gasteiger partial charge in [0.1, 0.15) is 5.60 Å². The molecular weight excluding hydrogens is 266 g/mol. The van der Waals surface area contributed by atoms with E-state index >= 15 is 0 Å². The van der Waals surface area contributed by atoms with Crippen LogP contribution in [0.4, 0.5) is 4.79 Å². The minimum Gasteiger partial charge on any atom is -0.444 e. The molecular formula is C16H35N3O2. The molecule has 0 fully saturated rings. The van der Waals surface area contributed by atoms with Gasteiger partial charge in [0, 0.05) is 25.2 Å². The molecule has 5 heteroatoms. The van der Waals surface area contributed by atoms with Gasteiger partial charge >= 0.3 is 6.09 Å². The Labute approximate surface area is 130 Å². The topological polar surface area (TPSA) is 53.6 Å². The molecule has 0 rings (SSSR count). The summed E-state index contributed by atoms with van der Waals surface area (Å²) < 4.78 is 5.22. The van der Waals surface area contributed by atoms with Gasteiger partial charge in [0.05, 0.1) is 0 Å². The van der Waals surface area contributed by atoms with Crippen molar-refractivity contribution >= 4 is 6.09 Å². The molecule has 0 aromatic rings. The van der Waals surface area contributed by atoms with Crippen LogP contribution in [0.1, 0.15) is 48.0 Å². The van der Waals surface area contributed by atoms with Crippen LogP contribution >= 0.6 is 0 Å². The molecule has 0 spiro atoms. The van der Waals surface area contributed by atoms with Crippen molar-refractivity contribution in [2.75, 3.05) is 27.2 Å². The quantitative estimate of drug-likeness (QED) is 0.723. The van der Waals surface area contributed by atoms with E-state index in [1.54, 1.807) is 0 Å². The van der Waals surface area contributed by atoms with Crippen molar-refractivity contribution < 1.29 is 9.53 Å². The molecule has 126 valence electrons. The van der Waals surface area contributed by atoms with Gasteiger partial charge in [-0.3, -0.25) is 0 Å². The molecule has 2 N–H and O–H groups in total. The summed E-state index contributed by atoms with van der Waals surface area (Å²) in [5.74, 6) is 0.675. The summed E-state index contributed by atoms with van der Waals surface area (Å²) in [5.41, 5.74) is -0.450. The second kappa shape index (κ2) is 9.26. The third-order valence-corrected chi connectivity index (χ3v) is 3.13. The van der Waals surface area contributed by atoms with E-state index < -0.39 is 5.60 Å². The third kappa shape index (κ3) is 11.5. The highest BCUT2D eigenvalue weighted by Crippen LogP contribution is 2.08. The van der Waals surface area contributed by atoms with E-state index in [0.29, 0.717) is 18.5 Å². The van der Waals surface area contributed by atoms with E-state index in [0.717, 1.165) is 13.0 Å². The van der Waals surface area contributed by atoms with Crippen molar-refractivity contribution in [2.24, 2.45) is 5.92 Å². The fraction of sp³-hybridized carbons (Fsp3) is 0.938. The van der Waals surface area contributed by atoms with Crippen LogP contribution in [0, 0.1) is 5.92 Å². The number of carbonyl (C=O) groups is 1. The van der Waals surface area contributed by atoms with Crippen molar-refractivity contribution in [3.8, 4) is 0 Å². The first-order valence-corrected chi connectivity index (χ1v) is 7.88. The van der Waals surface area contributed by atoms with Crippen molar-refractivity contribution in [1.82, 2.24) is 15.5 Å². The molecule has 0 saturated carbocycles. The third-order valence-electron chi connectivity index (χ3n) is 3.13. The number of nitrogens with one attached hydrogen (secondary N) is 2. The number of nitrogens with zero attached hydrogens (tertiary/aromatic N) is 1. The average Bonchev–Trinajstić information content (AvgIpc) is 2.28. The van der Waals surface area contributed by atoms with E-state index in [-0.39, 0.29) is 12.1 Å². The molecule has 1 amide bonds. The van der Waals surface area contributed by atoms with Gasteiger partial charge in [0.2, 0.25) is 0 Å². The maximum absolute atomic E-state index is 11.6. The molecule has 0 aromatic carbocycles. The predicted octanol–water partition coefficient (Wildman–Crippen LogP) is 2.47. The van der Waals surface area contributed by atoms with Crippen molar-refractivity contribution in [2.45, 2.75) is 65.6 Å². The van der Waals surface area contributed by atoms with E-state index in [1.807, 2.05) is 20.8 Å². The van der Waals surface area contributed by atoms with Crippen LogP contribution in [0.5, 0.6) is 0 Å². The minimum absolute atomic E-state index is 0.215. The van der Waals surface area contributed by atoms with Crippen LogP contribution in [-0.2, 0) is 4.74 Å². The first kappa shape index (κ1) is 20.2. The van der Waals surface area contributed by atoms with E-state index in [9.17, 15) is 4.79 Å². The molecule has 0 aliphatic rings. The summed E-state index contributed by atoms with van der Waals surface area (Å²) in [6.45, 7) is 13.6. The molecule has 0 aliphatic heterocycles. The zero-order valence-electron chi connectivity index (χ0n) is 15.1.